The van der Waals surface area contributed by atoms with Gasteiger partial charge in [-0.05, 0) is 12.1 Å². The SMILES string of the molecule is COc1ccccc1N1CCN(C(=O)NCC(=O)O)CC1. The maximum atomic E-state index is 11.8. The average molecular weight is 293 g/mol. The third-order valence-corrected chi connectivity index (χ3v) is 3.38. The van der Waals surface area contributed by atoms with Gasteiger partial charge in [-0.15, -0.1) is 0 Å². The average Bonchev–Trinajstić information content (AvgIpc) is 2.52. The van der Waals surface area contributed by atoms with E-state index in [1.54, 1.807) is 12.0 Å². The molecule has 0 spiro atoms. The van der Waals surface area contributed by atoms with Crippen molar-refractivity contribution in [1.29, 1.82) is 0 Å². The summed E-state index contributed by atoms with van der Waals surface area (Å²) in [5, 5.41) is 10.9. The summed E-state index contributed by atoms with van der Waals surface area (Å²) >= 11 is 0. The minimum Gasteiger partial charge on any atom is -0.495 e. The molecule has 21 heavy (non-hydrogen) atoms. The molecule has 114 valence electrons. The number of methoxy groups -OCH3 is 1. The summed E-state index contributed by atoms with van der Waals surface area (Å²) < 4.78 is 5.34. The molecule has 1 aromatic rings. The van der Waals surface area contributed by atoms with Gasteiger partial charge >= 0.3 is 12.0 Å². The van der Waals surface area contributed by atoms with Gasteiger partial charge in [0, 0.05) is 26.2 Å². The molecule has 1 fully saturated rings. The Balaban J connectivity index is 1.91. The van der Waals surface area contributed by atoms with E-state index in [0.717, 1.165) is 11.4 Å². The lowest BCUT2D eigenvalue weighted by atomic mass is 10.2. The van der Waals surface area contributed by atoms with Crippen LogP contribution in [-0.2, 0) is 4.79 Å². The minimum absolute atomic E-state index is 0.336. The second-order valence-electron chi connectivity index (χ2n) is 4.70. The quantitative estimate of drug-likeness (QED) is 0.850. The van der Waals surface area contributed by atoms with Crippen molar-refractivity contribution in [1.82, 2.24) is 10.2 Å². The first-order valence-electron chi connectivity index (χ1n) is 6.74. The number of nitrogens with one attached hydrogen (secondary N) is 1. The highest BCUT2D eigenvalue weighted by molar-refractivity contribution is 5.80. The molecule has 0 aliphatic carbocycles. The van der Waals surface area contributed by atoms with Crippen LogP contribution < -0.4 is 15.0 Å². The van der Waals surface area contributed by atoms with E-state index in [0.29, 0.717) is 26.2 Å². The van der Waals surface area contributed by atoms with Crippen LogP contribution in [0.25, 0.3) is 0 Å². The van der Waals surface area contributed by atoms with Crippen LogP contribution in [0.2, 0.25) is 0 Å². The first kappa shape index (κ1) is 15.0. The van der Waals surface area contributed by atoms with Gasteiger partial charge in [0.2, 0.25) is 0 Å². The number of carboxylic acids is 1. The highest BCUT2D eigenvalue weighted by Crippen LogP contribution is 2.28. The molecule has 0 atom stereocenters. The molecule has 2 rings (SSSR count). The fourth-order valence-corrected chi connectivity index (χ4v) is 2.30. The van der Waals surface area contributed by atoms with Crippen molar-refractivity contribution in [2.75, 3.05) is 44.7 Å². The lowest BCUT2D eigenvalue weighted by molar-refractivity contribution is -0.135. The van der Waals surface area contributed by atoms with E-state index in [1.807, 2.05) is 24.3 Å². The lowest BCUT2D eigenvalue weighted by Crippen LogP contribution is -2.52. The van der Waals surface area contributed by atoms with Crippen LogP contribution in [0.3, 0.4) is 0 Å². The van der Waals surface area contributed by atoms with E-state index < -0.39 is 5.97 Å². The van der Waals surface area contributed by atoms with Crippen molar-refractivity contribution in [3.8, 4) is 5.75 Å². The molecule has 1 heterocycles. The van der Waals surface area contributed by atoms with E-state index in [4.69, 9.17) is 9.84 Å². The van der Waals surface area contributed by atoms with Crippen molar-refractivity contribution < 1.29 is 19.4 Å². The predicted molar refractivity (Wildman–Crippen MR) is 77.8 cm³/mol. The molecule has 1 aliphatic rings. The maximum Gasteiger partial charge on any atom is 0.323 e. The van der Waals surface area contributed by atoms with E-state index in [-0.39, 0.29) is 12.6 Å². The molecule has 7 heteroatoms. The summed E-state index contributed by atoms with van der Waals surface area (Å²) in [5.74, 6) is -0.239. The second kappa shape index (κ2) is 6.83. The summed E-state index contributed by atoms with van der Waals surface area (Å²) in [4.78, 5) is 26.0. The fourth-order valence-electron chi connectivity index (χ4n) is 2.30. The Morgan fingerprint density at radius 1 is 1.24 bits per heavy atom. The van der Waals surface area contributed by atoms with Crippen molar-refractivity contribution in [2.45, 2.75) is 0 Å². The van der Waals surface area contributed by atoms with Crippen LogP contribution in [0.15, 0.2) is 24.3 Å². The van der Waals surface area contributed by atoms with Gasteiger partial charge < -0.3 is 25.0 Å². The van der Waals surface area contributed by atoms with E-state index in [9.17, 15) is 9.59 Å². The second-order valence-corrected chi connectivity index (χ2v) is 4.70. The lowest BCUT2D eigenvalue weighted by Gasteiger charge is -2.36. The van der Waals surface area contributed by atoms with Gasteiger partial charge in [0.15, 0.2) is 0 Å². The maximum absolute atomic E-state index is 11.8. The van der Waals surface area contributed by atoms with Crippen LogP contribution in [0.1, 0.15) is 0 Å². The number of para-hydroxylation sites is 2. The number of piperazine rings is 1. The zero-order valence-electron chi connectivity index (χ0n) is 11.9. The summed E-state index contributed by atoms with van der Waals surface area (Å²) in [6, 6.07) is 7.42. The van der Waals surface area contributed by atoms with E-state index >= 15 is 0 Å². The Labute approximate surface area is 123 Å². The van der Waals surface area contributed by atoms with Gasteiger partial charge in [0.05, 0.1) is 12.8 Å². The van der Waals surface area contributed by atoms with Gasteiger partial charge in [-0.3, -0.25) is 4.79 Å². The number of anilines is 1. The molecule has 7 nitrogen and oxygen atoms in total. The molecule has 0 bridgehead atoms. The smallest absolute Gasteiger partial charge is 0.323 e. The first-order valence-corrected chi connectivity index (χ1v) is 6.74. The number of nitrogens with zero attached hydrogens (tertiary/aromatic N) is 2. The molecule has 0 radical (unpaired) electrons. The molecule has 0 unspecified atom stereocenters. The molecule has 0 aromatic heterocycles. The number of benzene rings is 1. The van der Waals surface area contributed by atoms with Crippen molar-refractivity contribution >= 4 is 17.7 Å². The number of carbonyl (C=O) groups excluding carboxylic acids is 1. The molecule has 1 aliphatic heterocycles. The number of carboxylic acid groups (broad SMARTS) is 1. The van der Waals surface area contributed by atoms with Crippen LogP contribution in [0.4, 0.5) is 10.5 Å². The third kappa shape index (κ3) is 3.77. The molecule has 1 saturated heterocycles. The van der Waals surface area contributed by atoms with E-state index in [2.05, 4.69) is 10.2 Å². The van der Waals surface area contributed by atoms with Crippen LogP contribution in [-0.4, -0.2) is 61.8 Å². The molecular formula is C14H19N3O4. The van der Waals surface area contributed by atoms with Crippen LogP contribution in [0.5, 0.6) is 5.75 Å². The van der Waals surface area contributed by atoms with Gasteiger partial charge in [0.1, 0.15) is 12.3 Å². The van der Waals surface area contributed by atoms with Gasteiger partial charge in [-0.1, -0.05) is 12.1 Å². The van der Waals surface area contributed by atoms with Crippen LogP contribution in [0, 0.1) is 0 Å². The molecule has 0 saturated carbocycles. The number of carbonyl (C=O) groups is 2. The molecular weight excluding hydrogens is 274 g/mol. The molecule has 2 amide bonds. The normalized spacial score (nSPS) is 14.7. The van der Waals surface area contributed by atoms with Gasteiger partial charge in [-0.25, -0.2) is 4.79 Å². The van der Waals surface area contributed by atoms with Crippen molar-refractivity contribution in [2.24, 2.45) is 0 Å². The topological polar surface area (TPSA) is 82.1 Å². The molecule has 1 aromatic carbocycles. The number of hydrogen-bond donors (Lipinski definition) is 2. The number of rotatable bonds is 4. The van der Waals surface area contributed by atoms with Gasteiger partial charge in [0.25, 0.3) is 0 Å². The molecule has 2 N–H and O–H groups in total. The Morgan fingerprint density at radius 2 is 1.90 bits per heavy atom. The zero-order valence-corrected chi connectivity index (χ0v) is 11.9. The monoisotopic (exact) mass is 293 g/mol. The number of ether oxygens (including phenoxy) is 1. The summed E-state index contributed by atoms with van der Waals surface area (Å²) in [6.45, 7) is 2.10. The Morgan fingerprint density at radius 3 is 2.52 bits per heavy atom. The Hall–Kier alpha value is -2.44. The number of hydrogen-bond acceptors (Lipinski definition) is 4. The third-order valence-electron chi connectivity index (χ3n) is 3.38. The van der Waals surface area contributed by atoms with Gasteiger partial charge in [-0.2, -0.15) is 0 Å². The summed E-state index contributed by atoms with van der Waals surface area (Å²) in [7, 11) is 1.63. The number of amides is 2. The summed E-state index contributed by atoms with van der Waals surface area (Å²) in [5.41, 5.74) is 1.01. The highest BCUT2D eigenvalue weighted by atomic mass is 16.5. The summed E-state index contributed by atoms with van der Waals surface area (Å²) in [6.07, 6.45) is 0. The Bertz CT molecular complexity index is 513. The van der Waals surface area contributed by atoms with Crippen LogP contribution >= 0.6 is 0 Å². The number of aliphatic carboxylic acids is 1. The first-order chi connectivity index (χ1) is 10.1. The minimum atomic E-state index is -1.05. The standard InChI is InChI=1S/C14H19N3O4/c1-21-12-5-3-2-4-11(12)16-6-8-17(9-7-16)14(20)15-10-13(18)19/h2-5H,6-10H2,1H3,(H,15,20)(H,18,19). The van der Waals surface area contributed by atoms with Crippen molar-refractivity contribution in [3.05, 3.63) is 24.3 Å². The van der Waals surface area contributed by atoms with Crippen molar-refractivity contribution in [3.63, 3.8) is 0 Å². The highest BCUT2D eigenvalue weighted by Gasteiger charge is 2.22. The predicted octanol–water partition coefficient (Wildman–Crippen LogP) is 0.611. The van der Waals surface area contributed by atoms with E-state index in [1.165, 1.54) is 0 Å². The zero-order chi connectivity index (χ0) is 15.2. The fraction of sp³-hybridized carbons (Fsp3) is 0.429. The Kier molecular flexibility index (Phi) is 4.86. The largest absolute Gasteiger partial charge is 0.495 e. The number of urea groups is 1.